The molecule has 0 aliphatic carbocycles. The summed E-state index contributed by atoms with van der Waals surface area (Å²) < 4.78 is 2.10. The number of likely N-dealkylation sites (tertiary alicyclic amines) is 1. The van der Waals surface area contributed by atoms with Crippen LogP contribution in [0.1, 0.15) is 37.1 Å². The van der Waals surface area contributed by atoms with E-state index < -0.39 is 0 Å². The van der Waals surface area contributed by atoms with Crippen LogP contribution in [0.25, 0.3) is 5.65 Å². The summed E-state index contributed by atoms with van der Waals surface area (Å²) in [4.78, 5) is 13.9. The number of piperidine rings is 1. The Bertz CT molecular complexity index is 919. The Morgan fingerprint density at radius 1 is 1.19 bits per heavy atom. The smallest absolute Gasteiger partial charge is 0.221 e. The average molecular weight is 349 g/mol. The van der Waals surface area contributed by atoms with Gasteiger partial charge in [0.1, 0.15) is 5.82 Å². The van der Waals surface area contributed by atoms with E-state index in [-0.39, 0.29) is 5.91 Å². The average Bonchev–Trinajstić information content (AvgIpc) is 3.07. The summed E-state index contributed by atoms with van der Waals surface area (Å²) in [7, 11) is 0. The normalized spacial score (nSPS) is 18.1. The molecule has 1 aromatic carbocycles. The van der Waals surface area contributed by atoms with E-state index >= 15 is 0 Å². The predicted octanol–water partition coefficient (Wildman–Crippen LogP) is 3.07. The van der Waals surface area contributed by atoms with Crippen molar-refractivity contribution in [1.29, 1.82) is 0 Å². The first-order valence-electron chi connectivity index (χ1n) is 9.08. The molecule has 4 rings (SSSR count). The molecule has 1 unspecified atom stereocenters. The fourth-order valence-electron chi connectivity index (χ4n) is 3.76. The Hall–Kier alpha value is -2.73. The number of aromatic nitrogens is 3. The highest BCUT2D eigenvalue weighted by Crippen LogP contribution is 2.28. The first kappa shape index (κ1) is 16.7. The van der Waals surface area contributed by atoms with Gasteiger partial charge in [-0.05, 0) is 43.1 Å². The molecule has 0 bridgehead atoms. The summed E-state index contributed by atoms with van der Waals surface area (Å²) in [6, 6.07) is 14.0. The van der Waals surface area contributed by atoms with Gasteiger partial charge in [-0.15, -0.1) is 10.2 Å². The standard InChI is InChI=1S/C20H23N5O/c1-15(26)21-18-9-3-2-7-16(18)13-24-11-6-8-17(14-24)20-23-22-19-10-4-5-12-25(19)20/h2-5,7,9-10,12,17H,6,8,11,13-14H2,1H3,(H,21,26). The maximum Gasteiger partial charge on any atom is 0.221 e. The van der Waals surface area contributed by atoms with Crippen molar-refractivity contribution in [2.75, 3.05) is 18.4 Å². The molecule has 1 N–H and O–H groups in total. The quantitative estimate of drug-likeness (QED) is 0.786. The molecular weight excluding hydrogens is 326 g/mol. The van der Waals surface area contributed by atoms with Crippen LogP contribution in [0.15, 0.2) is 48.7 Å². The summed E-state index contributed by atoms with van der Waals surface area (Å²) in [6.07, 6.45) is 4.30. The maximum atomic E-state index is 11.4. The molecule has 1 aliphatic heterocycles. The van der Waals surface area contributed by atoms with Gasteiger partial charge in [0.05, 0.1) is 0 Å². The second-order valence-corrected chi connectivity index (χ2v) is 6.90. The third-order valence-electron chi connectivity index (χ3n) is 4.93. The topological polar surface area (TPSA) is 62.5 Å². The third kappa shape index (κ3) is 3.46. The minimum Gasteiger partial charge on any atom is -0.326 e. The molecule has 0 spiro atoms. The lowest BCUT2D eigenvalue weighted by atomic mass is 9.96. The van der Waals surface area contributed by atoms with E-state index in [1.54, 1.807) is 6.92 Å². The zero-order valence-electron chi connectivity index (χ0n) is 14.9. The van der Waals surface area contributed by atoms with Crippen LogP contribution in [0.3, 0.4) is 0 Å². The van der Waals surface area contributed by atoms with E-state index in [1.165, 1.54) is 0 Å². The van der Waals surface area contributed by atoms with E-state index in [1.807, 2.05) is 42.6 Å². The van der Waals surface area contributed by atoms with E-state index in [0.717, 1.165) is 55.2 Å². The molecule has 3 aromatic rings. The minimum atomic E-state index is -0.0381. The van der Waals surface area contributed by atoms with E-state index in [2.05, 4.69) is 30.9 Å². The molecule has 26 heavy (non-hydrogen) atoms. The van der Waals surface area contributed by atoms with Crippen LogP contribution in [-0.4, -0.2) is 38.5 Å². The van der Waals surface area contributed by atoms with E-state index in [9.17, 15) is 4.79 Å². The number of carbonyl (C=O) groups is 1. The van der Waals surface area contributed by atoms with Crippen molar-refractivity contribution in [3.63, 3.8) is 0 Å². The number of anilines is 1. The molecule has 0 saturated carbocycles. The van der Waals surface area contributed by atoms with Gasteiger partial charge in [-0.3, -0.25) is 14.1 Å². The zero-order chi connectivity index (χ0) is 17.9. The van der Waals surface area contributed by atoms with Crippen molar-refractivity contribution in [2.45, 2.75) is 32.2 Å². The Labute approximate surface area is 152 Å². The van der Waals surface area contributed by atoms with Crippen molar-refractivity contribution in [3.8, 4) is 0 Å². The summed E-state index contributed by atoms with van der Waals surface area (Å²) in [5.74, 6) is 1.37. The number of nitrogens with zero attached hydrogens (tertiary/aromatic N) is 4. The molecule has 6 heteroatoms. The number of hydrogen-bond donors (Lipinski definition) is 1. The van der Waals surface area contributed by atoms with Crippen LogP contribution < -0.4 is 5.32 Å². The highest BCUT2D eigenvalue weighted by molar-refractivity contribution is 5.89. The summed E-state index contributed by atoms with van der Waals surface area (Å²) >= 11 is 0. The molecule has 0 radical (unpaired) electrons. The van der Waals surface area contributed by atoms with Crippen molar-refractivity contribution in [3.05, 3.63) is 60.0 Å². The first-order chi connectivity index (χ1) is 12.7. The fraction of sp³-hybridized carbons (Fsp3) is 0.350. The van der Waals surface area contributed by atoms with Crippen LogP contribution in [-0.2, 0) is 11.3 Å². The van der Waals surface area contributed by atoms with Gasteiger partial charge in [0.15, 0.2) is 5.65 Å². The van der Waals surface area contributed by atoms with Crippen molar-refractivity contribution < 1.29 is 4.79 Å². The molecule has 2 aromatic heterocycles. The van der Waals surface area contributed by atoms with Crippen molar-refractivity contribution >= 4 is 17.2 Å². The molecule has 134 valence electrons. The second-order valence-electron chi connectivity index (χ2n) is 6.90. The van der Waals surface area contributed by atoms with E-state index in [4.69, 9.17) is 0 Å². The van der Waals surface area contributed by atoms with Gasteiger partial charge in [0.2, 0.25) is 5.91 Å². The predicted molar refractivity (Wildman–Crippen MR) is 101 cm³/mol. The number of carbonyl (C=O) groups excluding carboxylic acids is 1. The number of pyridine rings is 1. The molecule has 3 heterocycles. The van der Waals surface area contributed by atoms with Gasteiger partial charge in [-0.25, -0.2) is 0 Å². The summed E-state index contributed by atoms with van der Waals surface area (Å²) in [6.45, 7) is 4.37. The van der Waals surface area contributed by atoms with Crippen LogP contribution >= 0.6 is 0 Å². The number of amides is 1. The highest BCUT2D eigenvalue weighted by Gasteiger charge is 2.25. The molecular formula is C20H23N5O. The minimum absolute atomic E-state index is 0.0381. The Morgan fingerprint density at radius 3 is 2.92 bits per heavy atom. The van der Waals surface area contributed by atoms with Crippen LogP contribution in [0.4, 0.5) is 5.69 Å². The van der Waals surface area contributed by atoms with Gasteiger partial charge >= 0.3 is 0 Å². The molecule has 1 aliphatic rings. The lowest BCUT2D eigenvalue weighted by molar-refractivity contribution is -0.114. The lowest BCUT2D eigenvalue weighted by Gasteiger charge is -2.32. The summed E-state index contributed by atoms with van der Waals surface area (Å²) in [5.41, 5.74) is 2.94. The van der Waals surface area contributed by atoms with Gasteiger partial charge < -0.3 is 5.32 Å². The maximum absolute atomic E-state index is 11.4. The van der Waals surface area contributed by atoms with Gasteiger partial charge in [0, 0.05) is 37.8 Å². The second kappa shape index (κ2) is 7.25. The summed E-state index contributed by atoms with van der Waals surface area (Å²) in [5, 5.41) is 11.7. The highest BCUT2D eigenvalue weighted by atomic mass is 16.1. The van der Waals surface area contributed by atoms with Gasteiger partial charge in [-0.1, -0.05) is 24.3 Å². The molecule has 1 atom stereocenters. The fourth-order valence-corrected chi connectivity index (χ4v) is 3.76. The van der Waals surface area contributed by atoms with Gasteiger partial charge in [-0.2, -0.15) is 0 Å². The van der Waals surface area contributed by atoms with Gasteiger partial charge in [0.25, 0.3) is 0 Å². The largest absolute Gasteiger partial charge is 0.326 e. The number of fused-ring (bicyclic) bond motifs is 1. The molecule has 1 amide bonds. The monoisotopic (exact) mass is 349 g/mol. The molecule has 1 saturated heterocycles. The zero-order valence-corrected chi connectivity index (χ0v) is 14.9. The van der Waals surface area contributed by atoms with Crippen molar-refractivity contribution in [1.82, 2.24) is 19.5 Å². The number of nitrogens with one attached hydrogen (secondary N) is 1. The number of hydrogen-bond acceptors (Lipinski definition) is 4. The number of rotatable bonds is 4. The van der Waals surface area contributed by atoms with E-state index in [0.29, 0.717) is 5.92 Å². The lowest BCUT2D eigenvalue weighted by Crippen LogP contribution is -2.34. The first-order valence-corrected chi connectivity index (χ1v) is 9.08. The van der Waals surface area contributed by atoms with Crippen molar-refractivity contribution in [2.24, 2.45) is 0 Å². The van der Waals surface area contributed by atoms with Crippen LogP contribution in [0, 0.1) is 0 Å². The third-order valence-corrected chi connectivity index (χ3v) is 4.93. The Morgan fingerprint density at radius 2 is 2.04 bits per heavy atom. The Kier molecular flexibility index (Phi) is 4.67. The molecule has 1 fully saturated rings. The Balaban J connectivity index is 1.52. The SMILES string of the molecule is CC(=O)Nc1ccccc1CN1CCCC(c2nnc3ccccn23)C1. The molecule has 6 nitrogen and oxygen atoms in total. The number of para-hydroxylation sites is 1. The van der Waals surface area contributed by atoms with Crippen LogP contribution in [0.5, 0.6) is 0 Å². The van der Waals surface area contributed by atoms with Crippen LogP contribution in [0.2, 0.25) is 0 Å². The number of benzene rings is 1.